The minimum atomic E-state index is -0.526. The van der Waals surface area contributed by atoms with E-state index in [2.05, 4.69) is 16.3 Å². The number of carbonyl (C=O) groups excluding carboxylic acids is 2. The van der Waals surface area contributed by atoms with Gasteiger partial charge in [0.25, 0.3) is 0 Å². The molecule has 0 bridgehead atoms. The molecule has 0 saturated carbocycles. The molecule has 1 fully saturated rings. The van der Waals surface area contributed by atoms with E-state index in [0.717, 1.165) is 11.3 Å². The lowest BCUT2D eigenvalue weighted by molar-refractivity contribution is -0.134. The highest BCUT2D eigenvalue weighted by molar-refractivity contribution is 5.77. The van der Waals surface area contributed by atoms with Crippen molar-refractivity contribution in [2.24, 2.45) is 0 Å². The predicted octanol–water partition coefficient (Wildman–Crippen LogP) is 3.46. The van der Waals surface area contributed by atoms with Gasteiger partial charge >= 0.3 is 6.09 Å². The van der Waals surface area contributed by atoms with E-state index >= 15 is 0 Å². The monoisotopic (exact) mass is 523 g/mol. The Bertz CT molecular complexity index is 1120. The molecule has 0 aliphatic carbocycles. The van der Waals surface area contributed by atoms with Crippen molar-refractivity contribution in [3.8, 4) is 11.8 Å². The number of nitrogens with one attached hydrogen (secondary N) is 1. The second kappa shape index (κ2) is 14.2. The molecular weight excluding hydrogens is 486 g/mol. The van der Waals surface area contributed by atoms with Crippen LogP contribution in [0, 0.1) is 11.3 Å². The number of ether oxygens (including phenoxy) is 3. The summed E-state index contributed by atoms with van der Waals surface area (Å²) in [6.07, 6.45) is -0.173. The third-order valence-corrected chi connectivity index (χ3v) is 6.27. The molecule has 2 heterocycles. The number of piperazine rings is 1. The Balaban J connectivity index is 1.60. The molecule has 1 saturated heterocycles. The number of amides is 2. The molecule has 10 heteroatoms. The lowest BCUT2D eigenvalue weighted by Crippen LogP contribution is -2.54. The minimum Gasteiger partial charge on any atom is -0.490 e. The van der Waals surface area contributed by atoms with Crippen molar-refractivity contribution in [3.63, 3.8) is 0 Å². The maximum atomic E-state index is 12.5. The van der Waals surface area contributed by atoms with Crippen LogP contribution in [0.15, 0.2) is 36.4 Å². The molecule has 1 atom stereocenters. The zero-order valence-electron chi connectivity index (χ0n) is 22.6. The van der Waals surface area contributed by atoms with Gasteiger partial charge < -0.3 is 29.3 Å². The normalized spacial score (nSPS) is 15.2. The summed E-state index contributed by atoms with van der Waals surface area (Å²) in [6, 6.07) is 13.4. The van der Waals surface area contributed by atoms with Gasteiger partial charge in [0, 0.05) is 38.9 Å². The third kappa shape index (κ3) is 7.83. The average Bonchev–Trinajstić information content (AvgIpc) is 2.92. The van der Waals surface area contributed by atoms with E-state index in [-0.39, 0.29) is 37.6 Å². The molecule has 38 heavy (non-hydrogen) atoms. The average molecular weight is 524 g/mol. The van der Waals surface area contributed by atoms with Gasteiger partial charge in [0.1, 0.15) is 30.9 Å². The molecule has 1 unspecified atom stereocenters. The minimum absolute atomic E-state index is 0.0207. The quantitative estimate of drug-likeness (QED) is 0.445. The van der Waals surface area contributed by atoms with Crippen LogP contribution >= 0.6 is 0 Å². The van der Waals surface area contributed by atoms with E-state index in [1.54, 1.807) is 13.2 Å². The molecule has 10 nitrogen and oxygen atoms in total. The molecule has 1 aromatic heterocycles. The smallest absolute Gasteiger partial charge is 0.407 e. The maximum absolute atomic E-state index is 12.5. The van der Waals surface area contributed by atoms with Crippen LogP contribution < -0.4 is 15.0 Å². The predicted molar refractivity (Wildman–Crippen MR) is 143 cm³/mol. The van der Waals surface area contributed by atoms with E-state index < -0.39 is 6.09 Å². The number of nitrogens with zero attached hydrogens (tertiary/aromatic N) is 4. The van der Waals surface area contributed by atoms with Crippen molar-refractivity contribution in [1.82, 2.24) is 15.2 Å². The van der Waals surface area contributed by atoms with E-state index in [4.69, 9.17) is 19.2 Å². The summed E-state index contributed by atoms with van der Waals surface area (Å²) in [4.78, 5) is 33.2. The summed E-state index contributed by atoms with van der Waals surface area (Å²) in [5, 5.41) is 12.6. The fourth-order valence-electron chi connectivity index (χ4n) is 4.29. The number of hydrogen-bond donors (Lipinski definition) is 1. The number of aromatic nitrogens is 1. The van der Waals surface area contributed by atoms with Gasteiger partial charge in [0.2, 0.25) is 5.91 Å². The molecule has 2 aromatic rings. The van der Waals surface area contributed by atoms with Crippen molar-refractivity contribution in [1.29, 1.82) is 5.26 Å². The first-order valence-electron chi connectivity index (χ1n) is 12.9. The second-order valence-electron chi connectivity index (χ2n) is 9.47. The van der Waals surface area contributed by atoms with Gasteiger partial charge in [0.05, 0.1) is 30.8 Å². The summed E-state index contributed by atoms with van der Waals surface area (Å²) in [5.41, 5.74) is 2.05. The van der Waals surface area contributed by atoms with Crippen molar-refractivity contribution < 1.29 is 23.8 Å². The van der Waals surface area contributed by atoms with Crippen molar-refractivity contribution in [3.05, 3.63) is 53.2 Å². The van der Waals surface area contributed by atoms with Gasteiger partial charge in [-0.3, -0.25) is 4.79 Å². The molecule has 1 aromatic carbocycles. The van der Waals surface area contributed by atoms with Crippen LogP contribution in [0.2, 0.25) is 0 Å². The van der Waals surface area contributed by atoms with Crippen LogP contribution in [-0.2, 0) is 20.9 Å². The molecule has 204 valence electrons. The Hall–Kier alpha value is -3.84. The zero-order valence-corrected chi connectivity index (χ0v) is 22.6. The standard InChI is InChI=1S/C28H37N5O5/c1-20(2)26-24(37-15-11-30-28(35)38-19-22-8-6-5-7-9-22)16-23(17-29)27(31-26)32-12-13-33(21(3)18-32)25(34)10-14-36-4/h5-9,16,20-21H,10-15,18-19H2,1-4H3,(H,30,35). The number of alkyl carbamates (subject to hydrolysis) is 1. The van der Waals surface area contributed by atoms with E-state index in [1.165, 1.54) is 0 Å². The van der Waals surface area contributed by atoms with Crippen LogP contribution in [-0.4, -0.2) is 74.4 Å². The molecule has 1 aliphatic heterocycles. The molecule has 2 amide bonds. The Kier molecular flexibility index (Phi) is 10.7. The number of rotatable bonds is 11. The lowest BCUT2D eigenvalue weighted by Gasteiger charge is -2.41. The van der Waals surface area contributed by atoms with Crippen LogP contribution in [0.1, 0.15) is 49.9 Å². The molecule has 1 N–H and O–H groups in total. The van der Waals surface area contributed by atoms with Crippen LogP contribution in [0.3, 0.4) is 0 Å². The summed E-state index contributed by atoms with van der Waals surface area (Å²) < 4.78 is 16.2. The summed E-state index contributed by atoms with van der Waals surface area (Å²) in [5.74, 6) is 1.23. The number of carbonyl (C=O) groups is 2. The summed E-state index contributed by atoms with van der Waals surface area (Å²) >= 11 is 0. The number of hydrogen-bond acceptors (Lipinski definition) is 8. The van der Waals surface area contributed by atoms with Gasteiger partial charge in [-0.05, 0) is 18.4 Å². The molecular formula is C28H37N5O5. The van der Waals surface area contributed by atoms with Crippen LogP contribution in [0.5, 0.6) is 5.75 Å². The Morgan fingerprint density at radius 1 is 1.21 bits per heavy atom. The Morgan fingerprint density at radius 2 is 1.97 bits per heavy atom. The van der Waals surface area contributed by atoms with Gasteiger partial charge in [-0.15, -0.1) is 0 Å². The largest absolute Gasteiger partial charge is 0.490 e. The Morgan fingerprint density at radius 3 is 2.63 bits per heavy atom. The van der Waals surface area contributed by atoms with E-state index in [0.29, 0.717) is 49.8 Å². The zero-order chi connectivity index (χ0) is 27.5. The first-order valence-corrected chi connectivity index (χ1v) is 12.9. The highest BCUT2D eigenvalue weighted by Crippen LogP contribution is 2.32. The first-order chi connectivity index (χ1) is 18.3. The number of methoxy groups -OCH3 is 1. The molecule has 0 spiro atoms. The number of benzene rings is 1. The van der Waals surface area contributed by atoms with Crippen molar-refractivity contribution in [2.45, 2.75) is 45.8 Å². The van der Waals surface area contributed by atoms with Gasteiger partial charge in [0.15, 0.2) is 0 Å². The van der Waals surface area contributed by atoms with Crippen molar-refractivity contribution >= 4 is 17.8 Å². The third-order valence-electron chi connectivity index (χ3n) is 6.27. The fraction of sp³-hybridized carbons (Fsp3) is 0.500. The number of pyridine rings is 1. The molecule has 0 radical (unpaired) electrons. The highest BCUT2D eigenvalue weighted by atomic mass is 16.5. The lowest BCUT2D eigenvalue weighted by atomic mass is 10.1. The van der Waals surface area contributed by atoms with Crippen LogP contribution in [0.4, 0.5) is 10.6 Å². The van der Waals surface area contributed by atoms with Gasteiger partial charge in [-0.1, -0.05) is 44.2 Å². The fourth-order valence-corrected chi connectivity index (χ4v) is 4.29. The van der Waals surface area contributed by atoms with Gasteiger partial charge in [-0.25, -0.2) is 9.78 Å². The summed E-state index contributed by atoms with van der Waals surface area (Å²) in [6.45, 7) is 8.77. The van der Waals surface area contributed by atoms with E-state index in [1.807, 2.05) is 56.0 Å². The number of nitriles is 1. The number of anilines is 1. The summed E-state index contributed by atoms with van der Waals surface area (Å²) in [7, 11) is 1.58. The highest BCUT2D eigenvalue weighted by Gasteiger charge is 2.30. The Labute approximate surface area is 224 Å². The topological polar surface area (TPSA) is 117 Å². The molecule has 3 rings (SSSR count). The van der Waals surface area contributed by atoms with Crippen molar-refractivity contribution in [2.75, 3.05) is 51.4 Å². The molecule has 1 aliphatic rings. The van der Waals surface area contributed by atoms with Gasteiger partial charge in [-0.2, -0.15) is 5.26 Å². The first kappa shape index (κ1) is 28.7. The SMILES string of the molecule is COCCC(=O)N1CCN(c2nc(C(C)C)c(OCCNC(=O)OCc3ccccc3)cc2C#N)CC1C. The van der Waals surface area contributed by atoms with E-state index in [9.17, 15) is 14.9 Å². The second-order valence-corrected chi connectivity index (χ2v) is 9.47. The maximum Gasteiger partial charge on any atom is 0.407 e. The van der Waals surface area contributed by atoms with Crippen LogP contribution in [0.25, 0.3) is 0 Å².